The number of carbonyl (C=O) groups excluding carboxylic acids is 2. The number of benzene rings is 1. The van der Waals surface area contributed by atoms with E-state index < -0.39 is 12.0 Å². The highest BCUT2D eigenvalue weighted by Crippen LogP contribution is 2.12. The zero-order chi connectivity index (χ0) is 15.0. The number of hydrogen-bond acceptors (Lipinski definition) is 4. The smallest absolute Gasteiger partial charge is 0.328 e. The molecule has 0 saturated carbocycles. The molecule has 1 unspecified atom stereocenters. The Bertz CT molecular complexity index is 442. The van der Waals surface area contributed by atoms with E-state index in [2.05, 4.69) is 5.32 Å². The van der Waals surface area contributed by atoms with Gasteiger partial charge in [-0.05, 0) is 38.0 Å². The number of carbonyl (C=O) groups is 2. The van der Waals surface area contributed by atoms with Gasteiger partial charge in [0.2, 0.25) is 5.91 Å². The summed E-state index contributed by atoms with van der Waals surface area (Å²) in [6.07, 6.45) is 0.946. The number of amides is 1. The van der Waals surface area contributed by atoms with Crippen molar-refractivity contribution in [1.29, 1.82) is 0 Å². The molecule has 0 aliphatic carbocycles. The molecule has 0 fully saturated rings. The maximum absolute atomic E-state index is 11.7. The van der Waals surface area contributed by atoms with Crippen LogP contribution in [-0.4, -0.2) is 31.6 Å². The lowest BCUT2D eigenvalue weighted by molar-refractivity contribution is -0.146. The van der Waals surface area contributed by atoms with Crippen molar-refractivity contribution in [2.24, 2.45) is 0 Å². The molecular formula is C15H21NO4. The van der Waals surface area contributed by atoms with Crippen LogP contribution in [0.2, 0.25) is 0 Å². The fraction of sp³-hybridized carbons (Fsp3) is 0.467. The number of hydrogen-bond donors (Lipinski definition) is 1. The van der Waals surface area contributed by atoms with Gasteiger partial charge in [-0.1, -0.05) is 12.1 Å². The Kier molecular flexibility index (Phi) is 6.56. The van der Waals surface area contributed by atoms with E-state index in [1.807, 2.05) is 24.3 Å². The average molecular weight is 279 g/mol. The summed E-state index contributed by atoms with van der Waals surface area (Å²) in [5.74, 6) is 0.209. The molecule has 20 heavy (non-hydrogen) atoms. The van der Waals surface area contributed by atoms with Crippen molar-refractivity contribution in [3.63, 3.8) is 0 Å². The van der Waals surface area contributed by atoms with Gasteiger partial charge in [-0.2, -0.15) is 0 Å². The maximum atomic E-state index is 11.7. The van der Waals surface area contributed by atoms with Crippen molar-refractivity contribution in [3.8, 4) is 5.75 Å². The first-order valence-electron chi connectivity index (χ1n) is 6.65. The summed E-state index contributed by atoms with van der Waals surface area (Å²) in [7, 11) is 1.61. The second kappa shape index (κ2) is 8.19. The largest absolute Gasteiger partial charge is 0.497 e. The van der Waals surface area contributed by atoms with Gasteiger partial charge in [0.25, 0.3) is 0 Å². The lowest BCUT2D eigenvalue weighted by atomic mass is 10.1. The van der Waals surface area contributed by atoms with E-state index in [1.54, 1.807) is 21.0 Å². The molecular weight excluding hydrogens is 258 g/mol. The highest BCUT2D eigenvalue weighted by atomic mass is 16.5. The van der Waals surface area contributed by atoms with Crippen LogP contribution in [0.4, 0.5) is 0 Å². The molecule has 0 spiro atoms. The van der Waals surface area contributed by atoms with Crippen molar-refractivity contribution in [1.82, 2.24) is 5.32 Å². The van der Waals surface area contributed by atoms with Crippen molar-refractivity contribution in [2.75, 3.05) is 13.7 Å². The minimum atomic E-state index is -0.613. The third-order valence-electron chi connectivity index (χ3n) is 2.82. The number of methoxy groups -OCH3 is 1. The van der Waals surface area contributed by atoms with Crippen molar-refractivity contribution in [3.05, 3.63) is 29.8 Å². The highest BCUT2D eigenvalue weighted by Gasteiger charge is 2.16. The molecule has 1 aromatic carbocycles. The monoisotopic (exact) mass is 279 g/mol. The summed E-state index contributed by atoms with van der Waals surface area (Å²) in [6.45, 7) is 3.66. The number of aryl methyl sites for hydroxylation is 1. The summed E-state index contributed by atoms with van der Waals surface area (Å²) in [4.78, 5) is 23.1. The van der Waals surface area contributed by atoms with Crippen LogP contribution in [0.3, 0.4) is 0 Å². The zero-order valence-corrected chi connectivity index (χ0v) is 12.1. The lowest BCUT2D eigenvalue weighted by Gasteiger charge is -2.12. The van der Waals surface area contributed by atoms with Crippen LogP contribution in [0, 0.1) is 0 Å². The van der Waals surface area contributed by atoms with Gasteiger partial charge in [-0.15, -0.1) is 0 Å². The second-order valence-electron chi connectivity index (χ2n) is 4.39. The maximum Gasteiger partial charge on any atom is 0.328 e. The number of esters is 1. The van der Waals surface area contributed by atoms with Gasteiger partial charge in [0.15, 0.2) is 0 Å². The van der Waals surface area contributed by atoms with E-state index in [9.17, 15) is 9.59 Å². The molecule has 0 heterocycles. The third kappa shape index (κ3) is 5.30. The summed E-state index contributed by atoms with van der Waals surface area (Å²) in [6, 6.07) is 6.93. The lowest BCUT2D eigenvalue weighted by Crippen LogP contribution is -2.39. The van der Waals surface area contributed by atoms with Crippen LogP contribution in [0.25, 0.3) is 0 Å². The van der Waals surface area contributed by atoms with E-state index in [-0.39, 0.29) is 5.91 Å². The first-order valence-corrected chi connectivity index (χ1v) is 6.65. The molecule has 0 aromatic heterocycles. The quantitative estimate of drug-likeness (QED) is 0.771. The van der Waals surface area contributed by atoms with Crippen molar-refractivity contribution >= 4 is 11.9 Å². The molecule has 0 aliphatic rings. The molecule has 0 radical (unpaired) electrons. The molecule has 0 saturated heterocycles. The van der Waals surface area contributed by atoms with Gasteiger partial charge in [0.1, 0.15) is 11.8 Å². The number of ether oxygens (including phenoxy) is 2. The summed E-state index contributed by atoms with van der Waals surface area (Å²) in [5, 5.41) is 2.62. The number of rotatable bonds is 7. The van der Waals surface area contributed by atoms with Crippen LogP contribution >= 0.6 is 0 Å². The Morgan fingerprint density at radius 1 is 1.25 bits per heavy atom. The molecule has 1 rings (SSSR count). The topological polar surface area (TPSA) is 64.6 Å². The normalized spacial score (nSPS) is 11.6. The summed E-state index contributed by atoms with van der Waals surface area (Å²) >= 11 is 0. The Balaban J connectivity index is 2.37. The molecule has 1 aromatic rings. The van der Waals surface area contributed by atoms with Crippen molar-refractivity contribution in [2.45, 2.75) is 32.7 Å². The van der Waals surface area contributed by atoms with E-state index in [0.717, 1.165) is 11.3 Å². The molecule has 0 aliphatic heterocycles. The van der Waals surface area contributed by atoms with E-state index >= 15 is 0 Å². The molecule has 0 bridgehead atoms. The Morgan fingerprint density at radius 3 is 2.45 bits per heavy atom. The van der Waals surface area contributed by atoms with Gasteiger partial charge in [-0.25, -0.2) is 4.79 Å². The van der Waals surface area contributed by atoms with Gasteiger partial charge < -0.3 is 14.8 Å². The fourth-order valence-corrected chi connectivity index (χ4v) is 1.69. The minimum absolute atomic E-state index is 0.165. The first-order chi connectivity index (χ1) is 9.56. The van der Waals surface area contributed by atoms with Crippen LogP contribution in [0.5, 0.6) is 5.75 Å². The van der Waals surface area contributed by atoms with Gasteiger partial charge in [0.05, 0.1) is 13.7 Å². The summed E-state index contributed by atoms with van der Waals surface area (Å²) < 4.78 is 9.89. The molecule has 1 atom stereocenters. The van der Waals surface area contributed by atoms with Gasteiger partial charge >= 0.3 is 5.97 Å². The number of nitrogens with one attached hydrogen (secondary N) is 1. The predicted molar refractivity (Wildman–Crippen MR) is 75.6 cm³/mol. The van der Waals surface area contributed by atoms with E-state index in [1.165, 1.54) is 0 Å². The molecule has 1 amide bonds. The average Bonchev–Trinajstić information content (AvgIpc) is 2.45. The zero-order valence-electron chi connectivity index (χ0n) is 12.1. The third-order valence-corrected chi connectivity index (χ3v) is 2.82. The van der Waals surface area contributed by atoms with Gasteiger partial charge in [-0.3, -0.25) is 4.79 Å². The Labute approximate surface area is 119 Å². The summed E-state index contributed by atoms with van der Waals surface area (Å²) in [5.41, 5.74) is 1.05. The SMILES string of the molecule is CCOC(=O)C(C)NC(=O)CCc1ccc(OC)cc1. The van der Waals surface area contributed by atoms with Crippen LogP contribution in [0.1, 0.15) is 25.8 Å². The molecule has 5 heteroatoms. The predicted octanol–water partition coefficient (Wildman–Crippen LogP) is 1.70. The van der Waals surface area contributed by atoms with Crippen LogP contribution in [0.15, 0.2) is 24.3 Å². The van der Waals surface area contributed by atoms with Crippen LogP contribution in [-0.2, 0) is 20.7 Å². The van der Waals surface area contributed by atoms with Crippen LogP contribution < -0.4 is 10.1 Å². The standard InChI is InChI=1S/C15H21NO4/c1-4-20-15(18)11(2)16-14(17)10-7-12-5-8-13(19-3)9-6-12/h5-6,8-9,11H,4,7,10H2,1-3H3,(H,16,17). The second-order valence-corrected chi connectivity index (χ2v) is 4.39. The molecule has 110 valence electrons. The minimum Gasteiger partial charge on any atom is -0.497 e. The Morgan fingerprint density at radius 2 is 1.90 bits per heavy atom. The van der Waals surface area contributed by atoms with E-state index in [0.29, 0.717) is 19.4 Å². The Hall–Kier alpha value is -2.04. The first kappa shape index (κ1) is 16.0. The van der Waals surface area contributed by atoms with Crippen molar-refractivity contribution < 1.29 is 19.1 Å². The van der Waals surface area contributed by atoms with E-state index in [4.69, 9.17) is 9.47 Å². The molecule has 5 nitrogen and oxygen atoms in total. The van der Waals surface area contributed by atoms with Gasteiger partial charge in [0, 0.05) is 6.42 Å². The molecule has 1 N–H and O–H groups in total. The fourth-order valence-electron chi connectivity index (χ4n) is 1.69. The highest BCUT2D eigenvalue weighted by molar-refractivity contribution is 5.84.